The van der Waals surface area contributed by atoms with Crippen LogP contribution in [-0.4, -0.2) is 67.1 Å². The molecular formula is C29H45BN6O5. The summed E-state index contributed by atoms with van der Waals surface area (Å²) in [4.78, 5) is 42.3. The van der Waals surface area contributed by atoms with Crippen LogP contribution in [0.4, 0.5) is 0 Å². The zero-order valence-electron chi connectivity index (χ0n) is 24.8. The number of hydrogen-bond acceptors (Lipinski definition) is 6. The van der Waals surface area contributed by atoms with Crippen LogP contribution < -0.4 is 27.4 Å². The first-order valence-electron chi connectivity index (χ1n) is 14.6. The van der Waals surface area contributed by atoms with Gasteiger partial charge in [-0.1, -0.05) is 44.2 Å². The summed E-state index contributed by atoms with van der Waals surface area (Å²) in [7, 11) is -0.644. The molecule has 0 aromatic heterocycles. The van der Waals surface area contributed by atoms with Gasteiger partial charge < -0.3 is 36.7 Å². The van der Waals surface area contributed by atoms with E-state index < -0.39 is 36.7 Å². The van der Waals surface area contributed by atoms with E-state index >= 15 is 0 Å². The Morgan fingerprint density at radius 1 is 1.07 bits per heavy atom. The second-order valence-corrected chi connectivity index (χ2v) is 12.6. The topological polar surface area (TPSA) is 170 Å². The molecular weight excluding hydrogens is 523 g/mol. The van der Waals surface area contributed by atoms with Crippen molar-refractivity contribution in [3.63, 3.8) is 0 Å². The average molecular weight is 569 g/mol. The van der Waals surface area contributed by atoms with Gasteiger partial charge in [0.25, 0.3) is 0 Å². The van der Waals surface area contributed by atoms with Gasteiger partial charge >= 0.3 is 7.12 Å². The van der Waals surface area contributed by atoms with Gasteiger partial charge in [0.15, 0.2) is 5.96 Å². The first kappa shape index (κ1) is 30.8. The molecule has 11 nitrogen and oxygen atoms in total. The molecule has 1 saturated heterocycles. The van der Waals surface area contributed by atoms with Crippen molar-refractivity contribution in [1.29, 1.82) is 0 Å². The largest absolute Gasteiger partial charge is 0.481 e. The maximum Gasteiger partial charge on any atom is 0.481 e. The van der Waals surface area contributed by atoms with Crippen LogP contribution >= 0.6 is 0 Å². The van der Waals surface area contributed by atoms with Crippen LogP contribution in [0, 0.1) is 17.3 Å². The Morgan fingerprint density at radius 3 is 2.41 bits per heavy atom. The predicted molar refractivity (Wildman–Crippen MR) is 157 cm³/mol. The molecule has 0 radical (unpaired) electrons. The fourth-order valence-corrected chi connectivity index (χ4v) is 6.88. The fraction of sp³-hybridized carbons (Fsp3) is 0.655. The van der Waals surface area contributed by atoms with Crippen LogP contribution in [0.3, 0.4) is 0 Å². The van der Waals surface area contributed by atoms with Gasteiger partial charge in [-0.2, -0.15) is 0 Å². The summed E-state index contributed by atoms with van der Waals surface area (Å²) < 4.78 is 13.2. The third kappa shape index (κ3) is 6.86. The zero-order valence-corrected chi connectivity index (χ0v) is 24.8. The van der Waals surface area contributed by atoms with Crippen LogP contribution in [0.2, 0.25) is 0 Å². The Morgan fingerprint density at radius 2 is 1.78 bits per heavy atom. The molecule has 12 heteroatoms. The number of nitrogens with zero attached hydrogens (tertiary/aromatic N) is 1. The summed E-state index contributed by atoms with van der Waals surface area (Å²) in [6, 6.07) is 7.78. The number of hydrogen-bond donors (Lipinski definition) is 5. The van der Waals surface area contributed by atoms with Gasteiger partial charge in [-0.25, -0.2) is 0 Å². The highest BCUT2D eigenvalue weighted by Gasteiger charge is 2.68. The van der Waals surface area contributed by atoms with Crippen LogP contribution in [0.25, 0.3) is 0 Å². The van der Waals surface area contributed by atoms with Crippen molar-refractivity contribution >= 4 is 30.8 Å². The number of carbonyl (C=O) groups is 3. The molecule has 1 unspecified atom stereocenters. The van der Waals surface area contributed by atoms with Gasteiger partial charge in [0.1, 0.15) is 12.1 Å². The second kappa shape index (κ2) is 12.4. The van der Waals surface area contributed by atoms with Crippen LogP contribution in [-0.2, 0) is 30.1 Å². The number of guanidine groups is 1. The van der Waals surface area contributed by atoms with Crippen LogP contribution in [0.5, 0.6) is 0 Å². The third-order valence-corrected chi connectivity index (χ3v) is 9.32. The van der Waals surface area contributed by atoms with E-state index in [0.717, 1.165) is 18.4 Å². The molecule has 7 atom stereocenters. The third-order valence-electron chi connectivity index (χ3n) is 9.32. The first-order valence-corrected chi connectivity index (χ1v) is 14.6. The van der Waals surface area contributed by atoms with E-state index in [0.29, 0.717) is 31.2 Å². The minimum atomic E-state index is -0.882. The average Bonchev–Trinajstić information content (AvgIpc) is 3.27. The van der Waals surface area contributed by atoms with Gasteiger partial charge in [-0.3, -0.25) is 19.4 Å². The molecule has 7 N–H and O–H groups in total. The van der Waals surface area contributed by atoms with Crippen molar-refractivity contribution in [2.45, 2.75) is 96.5 Å². The number of rotatable bonds is 12. The minimum absolute atomic E-state index is 0.0124. The van der Waals surface area contributed by atoms with Gasteiger partial charge in [0.05, 0.1) is 17.6 Å². The van der Waals surface area contributed by atoms with Gasteiger partial charge in [-0.15, -0.1) is 0 Å². The Kier molecular flexibility index (Phi) is 9.33. The van der Waals surface area contributed by atoms with Gasteiger partial charge in [-0.05, 0) is 62.3 Å². The Hall–Kier alpha value is -3.12. The number of nitrogens with two attached hydrogens (primary N) is 2. The Balaban J connectivity index is 1.52. The van der Waals surface area contributed by atoms with Gasteiger partial charge in [0.2, 0.25) is 17.7 Å². The maximum absolute atomic E-state index is 13.8. The SMILES string of the molecule is CC(=O)N[C@@H](C)C(=O)N[C@@H](Cc1ccccc1)C(=O)N[C@@H](CCCN=C(N)N)B1OC2C[C@H]3C[C@H](C3(C)C)[C@]2(C)O1. The lowest BCUT2D eigenvalue weighted by atomic mass is 9.43. The highest BCUT2D eigenvalue weighted by Crippen LogP contribution is 2.65. The molecule has 1 aromatic carbocycles. The minimum Gasteiger partial charge on any atom is -0.404 e. The van der Waals surface area contributed by atoms with Crippen LogP contribution in [0.1, 0.15) is 65.9 Å². The molecule has 1 aliphatic heterocycles. The summed E-state index contributed by atoms with van der Waals surface area (Å²) in [5.41, 5.74) is 11.7. The molecule has 3 aliphatic carbocycles. The summed E-state index contributed by atoms with van der Waals surface area (Å²) >= 11 is 0. The normalized spacial score (nSPS) is 27.8. The summed E-state index contributed by atoms with van der Waals surface area (Å²) in [5, 5.41) is 8.53. The summed E-state index contributed by atoms with van der Waals surface area (Å²) in [6.45, 7) is 10.1. The lowest BCUT2D eigenvalue weighted by molar-refractivity contribution is -0.199. The number of benzene rings is 1. The number of aliphatic imine (C=N–C) groups is 1. The van der Waals surface area contributed by atoms with Crippen LogP contribution in [0.15, 0.2) is 35.3 Å². The quantitative estimate of drug-likeness (QED) is 0.109. The highest BCUT2D eigenvalue weighted by atomic mass is 16.7. The molecule has 1 aromatic rings. The molecule has 3 saturated carbocycles. The molecule has 2 bridgehead atoms. The lowest BCUT2D eigenvalue weighted by Gasteiger charge is -2.64. The van der Waals surface area contributed by atoms with E-state index in [-0.39, 0.29) is 35.7 Å². The standard InChI is InChI=1S/C29H45BN6O5/c1-17(34-18(2)37)25(38)35-21(14-19-10-7-6-8-11-19)26(39)36-24(12-9-13-33-27(31)32)30-40-23-16-20-15-22(28(20,3)4)29(23,5)41-30/h6-8,10-11,17,20-24H,9,12-16H2,1-5H3,(H,34,37)(H,35,38)(H,36,39)(H4,31,32,33)/t17-,20+,21-,22+,23?,24-,29-/m0/s1. The molecule has 0 spiro atoms. The van der Waals surface area contributed by atoms with Crippen molar-refractivity contribution in [2.24, 2.45) is 33.7 Å². The molecule has 5 rings (SSSR count). The number of carbonyl (C=O) groups excluding carboxylic acids is 3. The van der Waals surface area contributed by atoms with E-state index in [1.807, 2.05) is 30.3 Å². The van der Waals surface area contributed by atoms with Crippen molar-refractivity contribution in [3.8, 4) is 0 Å². The molecule has 224 valence electrons. The summed E-state index contributed by atoms with van der Waals surface area (Å²) in [5.74, 6) is -0.638. The van der Waals surface area contributed by atoms with Crippen molar-refractivity contribution in [1.82, 2.24) is 16.0 Å². The first-order chi connectivity index (χ1) is 19.3. The predicted octanol–water partition coefficient (Wildman–Crippen LogP) is 1.04. The lowest BCUT2D eigenvalue weighted by Crippen LogP contribution is -2.65. The van der Waals surface area contributed by atoms with E-state index in [2.05, 4.69) is 41.7 Å². The number of nitrogens with one attached hydrogen (secondary N) is 3. The van der Waals surface area contributed by atoms with Crippen molar-refractivity contribution in [3.05, 3.63) is 35.9 Å². The van der Waals surface area contributed by atoms with E-state index in [1.165, 1.54) is 6.92 Å². The molecule has 4 aliphatic rings. The fourth-order valence-electron chi connectivity index (χ4n) is 6.88. The van der Waals surface area contributed by atoms with E-state index in [9.17, 15) is 14.4 Å². The Labute approximate surface area is 243 Å². The summed E-state index contributed by atoms with van der Waals surface area (Å²) in [6.07, 6.45) is 3.40. The van der Waals surface area contributed by atoms with Gasteiger partial charge in [0, 0.05) is 19.9 Å². The van der Waals surface area contributed by atoms with E-state index in [1.54, 1.807) is 6.92 Å². The highest BCUT2D eigenvalue weighted by molar-refractivity contribution is 6.47. The monoisotopic (exact) mass is 568 g/mol. The molecule has 41 heavy (non-hydrogen) atoms. The Bertz CT molecular complexity index is 1150. The number of amides is 3. The van der Waals surface area contributed by atoms with Crippen molar-refractivity contribution in [2.75, 3.05) is 6.54 Å². The second-order valence-electron chi connectivity index (χ2n) is 12.6. The van der Waals surface area contributed by atoms with E-state index in [4.69, 9.17) is 20.8 Å². The maximum atomic E-state index is 13.8. The zero-order chi connectivity index (χ0) is 29.9. The molecule has 3 amide bonds. The molecule has 4 fully saturated rings. The molecule has 1 heterocycles. The van der Waals surface area contributed by atoms with Crippen molar-refractivity contribution < 1.29 is 23.7 Å². The smallest absolute Gasteiger partial charge is 0.404 e.